The van der Waals surface area contributed by atoms with E-state index in [2.05, 4.69) is 18.3 Å². The van der Waals surface area contributed by atoms with E-state index in [1.54, 1.807) is 21.0 Å². The van der Waals surface area contributed by atoms with E-state index in [0.29, 0.717) is 23.7 Å². The van der Waals surface area contributed by atoms with Crippen molar-refractivity contribution >= 4 is 5.91 Å². The van der Waals surface area contributed by atoms with Gasteiger partial charge >= 0.3 is 0 Å². The van der Waals surface area contributed by atoms with Crippen LogP contribution in [0, 0.1) is 16.7 Å². The van der Waals surface area contributed by atoms with Crippen molar-refractivity contribution < 1.29 is 19.4 Å². The largest absolute Gasteiger partial charge is 0.496 e. The van der Waals surface area contributed by atoms with E-state index in [1.807, 2.05) is 48.5 Å². The fourth-order valence-electron chi connectivity index (χ4n) is 4.67. The first-order chi connectivity index (χ1) is 16.2. The van der Waals surface area contributed by atoms with Crippen LogP contribution in [-0.4, -0.2) is 30.3 Å². The number of hydrogen-bond donors (Lipinski definition) is 2. The maximum Gasteiger partial charge on any atom is 0.229 e. The molecule has 1 aliphatic carbocycles. The van der Waals surface area contributed by atoms with E-state index in [0.717, 1.165) is 5.56 Å². The highest BCUT2D eigenvalue weighted by Gasteiger charge is 2.35. The summed E-state index contributed by atoms with van der Waals surface area (Å²) in [5, 5.41) is 23.2. The van der Waals surface area contributed by atoms with Crippen molar-refractivity contribution in [2.24, 2.45) is 5.41 Å². The molecule has 1 amide bonds. The number of nitrogens with one attached hydrogen (secondary N) is 1. The molecule has 1 saturated carbocycles. The first kappa shape index (κ1) is 25.6. The van der Waals surface area contributed by atoms with Crippen LogP contribution in [0.2, 0.25) is 0 Å². The average molecular weight is 465 g/mol. The molecule has 0 radical (unpaired) electrons. The predicted octanol–water partition coefficient (Wildman–Crippen LogP) is 5.28. The summed E-state index contributed by atoms with van der Waals surface area (Å²) in [7, 11) is 1.56. The van der Waals surface area contributed by atoms with Crippen molar-refractivity contribution in [1.29, 1.82) is 5.26 Å². The quantitative estimate of drug-likeness (QED) is 0.499. The summed E-state index contributed by atoms with van der Waals surface area (Å²) in [5.41, 5.74) is 0.317. The Kier molecular flexibility index (Phi) is 8.22. The molecule has 0 aromatic heterocycles. The minimum absolute atomic E-state index is 0.0388. The van der Waals surface area contributed by atoms with Crippen molar-refractivity contribution in [2.75, 3.05) is 13.7 Å². The molecule has 2 aromatic carbocycles. The molecule has 2 atom stereocenters. The van der Waals surface area contributed by atoms with Gasteiger partial charge in [0.25, 0.3) is 0 Å². The molecule has 1 fully saturated rings. The van der Waals surface area contributed by atoms with Crippen LogP contribution in [0.15, 0.2) is 48.5 Å². The molecule has 1 aliphatic rings. The Morgan fingerprint density at radius 2 is 1.88 bits per heavy atom. The van der Waals surface area contributed by atoms with Crippen molar-refractivity contribution in [3.63, 3.8) is 0 Å². The normalized spacial score (nSPS) is 16.8. The highest BCUT2D eigenvalue weighted by Crippen LogP contribution is 2.39. The number of methoxy groups -OCH3 is 1. The van der Waals surface area contributed by atoms with Crippen molar-refractivity contribution in [2.45, 2.75) is 70.4 Å². The molecule has 0 saturated heterocycles. The van der Waals surface area contributed by atoms with Crippen molar-refractivity contribution in [3.8, 4) is 17.6 Å². The Bertz CT molecular complexity index is 1000. The van der Waals surface area contributed by atoms with Gasteiger partial charge in [-0.05, 0) is 44.4 Å². The number of hydrogen-bond acceptors (Lipinski definition) is 5. The standard InChI is InChI=1S/C28H36N2O4/c1-27(2,32)25(30-26(31)22(14-17-29)20-10-6-5-7-11-20)23-13-12-21(18-24(23)33-4)34-19-28(3)15-8-9-16-28/h5-7,10-13,18,22,25,32H,8-9,14-16,19H2,1-4H3,(H,30,31). The first-order valence-corrected chi connectivity index (χ1v) is 11.9. The molecule has 3 rings (SSSR count). The third kappa shape index (κ3) is 6.30. The molecule has 0 spiro atoms. The van der Waals surface area contributed by atoms with Gasteiger partial charge in [-0.25, -0.2) is 0 Å². The van der Waals surface area contributed by atoms with Crippen LogP contribution in [0.25, 0.3) is 0 Å². The fraction of sp³-hybridized carbons (Fsp3) is 0.500. The molecule has 2 aromatic rings. The molecule has 6 heteroatoms. The SMILES string of the molecule is COc1cc(OCC2(C)CCCC2)ccc1C(NC(=O)C(CC#N)c1ccccc1)C(C)(C)O. The van der Waals surface area contributed by atoms with Crippen LogP contribution in [0.5, 0.6) is 11.5 Å². The van der Waals surface area contributed by atoms with E-state index >= 15 is 0 Å². The summed E-state index contributed by atoms with van der Waals surface area (Å²) in [5.74, 6) is 0.257. The smallest absolute Gasteiger partial charge is 0.229 e. The van der Waals surface area contributed by atoms with Crippen LogP contribution in [0.3, 0.4) is 0 Å². The Hall–Kier alpha value is -3.04. The minimum Gasteiger partial charge on any atom is -0.496 e. The third-order valence-electron chi connectivity index (χ3n) is 6.72. The van der Waals surface area contributed by atoms with E-state index in [9.17, 15) is 15.2 Å². The summed E-state index contributed by atoms with van der Waals surface area (Å²) in [6.07, 6.45) is 4.85. The lowest BCUT2D eigenvalue weighted by Crippen LogP contribution is -2.44. The van der Waals surface area contributed by atoms with Crippen LogP contribution < -0.4 is 14.8 Å². The number of aliphatic hydroxyl groups is 1. The summed E-state index contributed by atoms with van der Waals surface area (Å²) in [4.78, 5) is 13.3. The Labute approximate surface area is 202 Å². The number of ether oxygens (including phenoxy) is 2. The highest BCUT2D eigenvalue weighted by molar-refractivity contribution is 5.84. The molecule has 0 aliphatic heterocycles. The second-order valence-electron chi connectivity index (χ2n) is 10.1. The lowest BCUT2D eigenvalue weighted by Gasteiger charge is -2.33. The van der Waals surface area contributed by atoms with E-state index in [-0.39, 0.29) is 17.7 Å². The third-order valence-corrected chi connectivity index (χ3v) is 6.72. The van der Waals surface area contributed by atoms with Gasteiger partial charge in [-0.2, -0.15) is 5.26 Å². The zero-order valence-corrected chi connectivity index (χ0v) is 20.6. The molecule has 2 N–H and O–H groups in total. The zero-order chi connectivity index (χ0) is 24.8. The van der Waals surface area contributed by atoms with Crippen LogP contribution in [0.4, 0.5) is 0 Å². The summed E-state index contributed by atoms with van der Waals surface area (Å²) < 4.78 is 11.7. The lowest BCUT2D eigenvalue weighted by molar-refractivity contribution is -0.125. The second-order valence-corrected chi connectivity index (χ2v) is 10.1. The molecule has 2 unspecified atom stereocenters. The Morgan fingerprint density at radius 3 is 2.47 bits per heavy atom. The topological polar surface area (TPSA) is 91.6 Å². The maximum atomic E-state index is 13.3. The molecular weight excluding hydrogens is 428 g/mol. The maximum absolute atomic E-state index is 13.3. The predicted molar refractivity (Wildman–Crippen MR) is 132 cm³/mol. The number of rotatable bonds is 10. The van der Waals surface area contributed by atoms with Crippen LogP contribution >= 0.6 is 0 Å². The van der Waals surface area contributed by atoms with E-state index in [1.165, 1.54) is 25.7 Å². The van der Waals surface area contributed by atoms with Gasteiger partial charge in [0.1, 0.15) is 11.5 Å². The van der Waals surface area contributed by atoms with Gasteiger partial charge in [-0.3, -0.25) is 4.79 Å². The first-order valence-electron chi connectivity index (χ1n) is 11.9. The van der Waals surface area contributed by atoms with Gasteiger partial charge in [0, 0.05) is 17.0 Å². The summed E-state index contributed by atoms with van der Waals surface area (Å²) in [6, 6.07) is 16.1. The van der Waals surface area contributed by atoms with Gasteiger partial charge in [0.2, 0.25) is 5.91 Å². The Morgan fingerprint density at radius 1 is 1.21 bits per heavy atom. The van der Waals surface area contributed by atoms with Gasteiger partial charge in [0.15, 0.2) is 0 Å². The van der Waals surface area contributed by atoms with E-state index < -0.39 is 17.6 Å². The van der Waals surface area contributed by atoms with Gasteiger partial charge in [0.05, 0.1) is 43.8 Å². The minimum atomic E-state index is -1.28. The number of nitrogens with zero attached hydrogens (tertiary/aromatic N) is 1. The molecular formula is C28H36N2O4. The Balaban J connectivity index is 1.84. The molecule has 34 heavy (non-hydrogen) atoms. The zero-order valence-electron chi connectivity index (χ0n) is 20.6. The van der Waals surface area contributed by atoms with Gasteiger partial charge in [-0.1, -0.05) is 50.1 Å². The molecule has 182 valence electrons. The summed E-state index contributed by atoms with van der Waals surface area (Å²) in [6.45, 7) is 6.19. The van der Waals surface area contributed by atoms with E-state index in [4.69, 9.17) is 9.47 Å². The van der Waals surface area contributed by atoms with Crippen molar-refractivity contribution in [1.82, 2.24) is 5.32 Å². The highest BCUT2D eigenvalue weighted by atomic mass is 16.5. The summed E-state index contributed by atoms with van der Waals surface area (Å²) >= 11 is 0. The fourth-order valence-corrected chi connectivity index (χ4v) is 4.67. The number of nitriles is 1. The monoisotopic (exact) mass is 464 g/mol. The molecule has 6 nitrogen and oxygen atoms in total. The molecule has 0 bridgehead atoms. The second kappa shape index (κ2) is 10.9. The number of carbonyl (C=O) groups excluding carboxylic acids is 1. The number of carbonyl (C=O) groups is 1. The molecule has 0 heterocycles. The van der Waals surface area contributed by atoms with Gasteiger partial charge in [-0.15, -0.1) is 0 Å². The van der Waals surface area contributed by atoms with Gasteiger partial charge < -0.3 is 19.9 Å². The van der Waals surface area contributed by atoms with Crippen molar-refractivity contribution in [3.05, 3.63) is 59.7 Å². The number of amides is 1. The average Bonchev–Trinajstić information content (AvgIpc) is 3.26. The lowest BCUT2D eigenvalue weighted by atomic mass is 9.89. The van der Waals surface area contributed by atoms with Crippen LogP contribution in [-0.2, 0) is 4.79 Å². The van der Waals surface area contributed by atoms with Crippen LogP contribution in [0.1, 0.15) is 76.0 Å². The number of benzene rings is 2.